The molecule has 2 aromatic heterocycles. The van der Waals surface area contributed by atoms with Crippen LogP contribution in [-0.2, 0) is 6.54 Å². The van der Waals surface area contributed by atoms with Crippen molar-refractivity contribution in [3.63, 3.8) is 0 Å². The normalized spacial score (nSPS) is 11.5. The molecule has 1 N–H and O–H groups in total. The fourth-order valence-electron chi connectivity index (χ4n) is 2.06. The molecule has 5 nitrogen and oxygen atoms in total. The zero-order valence-corrected chi connectivity index (χ0v) is 11.7. The molecular weight excluding hydrogens is 240 g/mol. The maximum absolute atomic E-state index is 12.1. The molecule has 2 rings (SSSR count). The van der Waals surface area contributed by atoms with E-state index in [0.717, 1.165) is 32.5 Å². The third kappa shape index (κ3) is 3.67. The van der Waals surface area contributed by atoms with Gasteiger partial charge in [0.15, 0.2) is 0 Å². The molecule has 0 atom stereocenters. The summed E-state index contributed by atoms with van der Waals surface area (Å²) in [6.45, 7) is 7.24. The SMILES string of the molecule is CC(C)CNCCCCn1ccn2nccc2c1=O. The summed E-state index contributed by atoms with van der Waals surface area (Å²) >= 11 is 0. The van der Waals surface area contributed by atoms with Crippen LogP contribution in [0.5, 0.6) is 0 Å². The van der Waals surface area contributed by atoms with Gasteiger partial charge in [0.05, 0.1) is 6.20 Å². The number of unbranched alkanes of at least 4 members (excludes halogenated alkanes) is 1. The van der Waals surface area contributed by atoms with Crippen molar-refractivity contribution in [1.82, 2.24) is 19.5 Å². The lowest BCUT2D eigenvalue weighted by atomic mass is 10.2. The van der Waals surface area contributed by atoms with Gasteiger partial charge < -0.3 is 9.88 Å². The Morgan fingerprint density at radius 3 is 2.95 bits per heavy atom. The van der Waals surface area contributed by atoms with E-state index in [4.69, 9.17) is 0 Å². The first-order chi connectivity index (χ1) is 9.18. The number of rotatable bonds is 7. The molecule has 0 spiro atoms. The first-order valence-electron chi connectivity index (χ1n) is 6.92. The summed E-state index contributed by atoms with van der Waals surface area (Å²) in [5, 5.41) is 7.46. The van der Waals surface area contributed by atoms with Gasteiger partial charge in [-0.1, -0.05) is 13.8 Å². The van der Waals surface area contributed by atoms with Gasteiger partial charge in [-0.05, 0) is 37.9 Å². The molecule has 2 aromatic rings. The number of hydrogen-bond donors (Lipinski definition) is 1. The molecule has 0 aliphatic rings. The zero-order valence-electron chi connectivity index (χ0n) is 11.7. The van der Waals surface area contributed by atoms with E-state index >= 15 is 0 Å². The molecule has 0 saturated heterocycles. The Morgan fingerprint density at radius 2 is 2.16 bits per heavy atom. The number of hydrogen-bond acceptors (Lipinski definition) is 3. The predicted molar refractivity (Wildman–Crippen MR) is 76.4 cm³/mol. The van der Waals surface area contributed by atoms with Gasteiger partial charge in [-0.2, -0.15) is 5.10 Å². The number of nitrogens with one attached hydrogen (secondary N) is 1. The average molecular weight is 262 g/mol. The molecule has 0 amide bonds. The summed E-state index contributed by atoms with van der Waals surface area (Å²) in [6, 6.07) is 1.75. The van der Waals surface area contributed by atoms with E-state index in [2.05, 4.69) is 24.3 Å². The maximum atomic E-state index is 12.1. The van der Waals surface area contributed by atoms with Crippen molar-refractivity contribution in [2.24, 2.45) is 5.92 Å². The molecule has 0 unspecified atom stereocenters. The van der Waals surface area contributed by atoms with Crippen LogP contribution in [0.25, 0.3) is 5.52 Å². The van der Waals surface area contributed by atoms with Gasteiger partial charge in [-0.3, -0.25) is 4.79 Å². The minimum atomic E-state index is 0.0372. The van der Waals surface area contributed by atoms with Crippen LogP contribution in [0.15, 0.2) is 29.5 Å². The second kappa shape index (κ2) is 6.52. The lowest BCUT2D eigenvalue weighted by Gasteiger charge is -2.08. The monoisotopic (exact) mass is 262 g/mol. The molecule has 5 heteroatoms. The van der Waals surface area contributed by atoms with Crippen LogP contribution >= 0.6 is 0 Å². The fourth-order valence-corrected chi connectivity index (χ4v) is 2.06. The Morgan fingerprint density at radius 1 is 1.32 bits per heavy atom. The summed E-state index contributed by atoms with van der Waals surface area (Å²) < 4.78 is 3.38. The van der Waals surface area contributed by atoms with E-state index in [-0.39, 0.29) is 5.56 Å². The standard InChI is InChI=1S/C14H22N4O/c1-12(2)11-15-6-3-4-8-17-9-10-18-13(14(17)19)5-7-16-18/h5,7,9-10,12,15H,3-4,6,8,11H2,1-2H3. The highest BCUT2D eigenvalue weighted by Crippen LogP contribution is 1.97. The first kappa shape index (κ1) is 13.8. The van der Waals surface area contributed by atoms with E-state index in [1.165, 1.54) is 0 Å². The van der Waals surface area contributed by atoms with Crippen molar-refractivity contribution in [2.75, 3.05) is 13.1 Å². The average Bonchev–Trinajstić information content (AvgIpc) is 2.84. The molecule has 0 aliphatic heterocycles. The molecule has 0 radical (unpaired) electrons. The van der Waals surface area contributed by atoms with E-state index in [0.29, 0.717) is 11.4 Å². The van der Waals surface area contributed by atoms with E-state index in [1.807, 2.05) is 12.4 Å². The third-order valence-electron chi connectivity index (χ3n) is 3.09. The second-order valence-electron chi connectivity index (χ2n) is 5.26. The van der Waals surface area contributed by atoms with Gasteiger partial charge in [0.1, 0.15) is 5.52 Å². The summed E-state index contributed by atoms with van der Waals surface area (Å²) in [5.41, 5.74) is 0.676. The van der Waals surface area contributed by atoms with Crippen molar-refractivity contribution in [2.45, 2.75) is 33.2 Å². The van der Waals surface area contributed by atoms with Gasteiger partial charge in [0.2, 0.25) is 0 Å². The quantitative estimate of drug-likeness (QED) is 0.770. The van der Waals surface area contributed by atoms with Crippen molar-refractivity contribution >= 4 is 5.52 Å². The molecule has 19 heavy (non-hydrogen) atoms. The Labute approximate surface area is 113 Å². The highest BCUT2D eigenvalue weighted by atomic mass is 16.1. The van der Waals surface area contributed by atoms with E-state index < -0.39 is 0 Å². The zero-order chi connectivity index (χ0) is 13.7. The van der Waals surface area contributed by atoms with Gasteiger partial charge in [0, 0.05) is 18.9 Å². The highest BCUT2D eigenvalue weighted by molar-refractivity contribution is 5.42. The van der Waals surface area contributed by atoms with Crippen LogP contribution in [0, 0.1) is 5.92 Å². The van der Waals surface area contributed by atoms with Crippen LogP contribution in [0.4, 0.5) is 0 Å². The second-order valence-corrected chi connectivity index (χ2v) is 5.26. The molecule has 0 aliphatic carbocycles. The number of fused-ring (bicyclic) bond motifs is 1. The summed E-state index contributed by atoms with van der Waals surface area (Å²) in [7, 11) is 0. The van der Waals surface area contributed by atoms with Crippen molar-refractivity contribution < 1.29 is 0 Å². The number of aromatic nitrogens is 3. The first-order valence-corrected chi connectivity index (χ1v) is 6.92. The van der Waals surface area contributed by atoms with Gasteiger partial charge in [0.25, 0.3) is 5.56 Å². The molecular formula is C14H22N4O. The summed E-state index contributed by atoms with van der Waals surface area (Å²) in [6.07, 6.45) is 7.38. The third-order valence-corrected chi connectivity index (χ3v) is 3.09. The van der Waals surface area contributed by atoms with Crippen LogP contribution in [0.1, 0.15) is 26.7 Å². The lowest BCUT2D eigenvalue weighted by Crippen LogP contribution is -2.23. The molecule has 104 valence electrons. The van der Waals surface area contributed by atoms with Crippen molar-refractivity contribution in [3.8, 4) is 0 Å². The van der Waals surface area contributed by atoms with Gasteiger partial charge in [-0.25, -0.2) is 4.52 Å². The molecule has 0 aromatic carbocycles. The Balaban J connectivity index is 1.81. The Hall–Kier alpha value is -1.62. The molecule has 0 fully saturated rings. The Bertz CT molecular complexity index is 570. The number of aryl methyl sites for hydroxylation is 1. The number of nitrogens with zero attached hydrogens (tertiary/aromatic N) is 3. The minimum absolute atomic E-state index is 0.0372. The van der Waals surface area contributed by atoms with E-state index in [9.17, 15) is 4.79 Å². The largest absolute Gasteiger partial charge is 0.316 e. The van der Waals surface area contributed by atoms with Crippen LogP contribution in [0.3, 0.4) is 0 Å². The minimum Gasteiger partial charge on any atom is -0.316 e. The lowest BCUT2D eigenvalue weighted by molar-refractivity contribution is 0.516. The Kier molecular flexibility index (Phi) is 4.74. The highest BCUT2D eigenvalue weighted by Gasteiger charge is 2.02. The molecule has 0 saturated carbocycles. The fraction of sp³-hybridized carbons (Fsp3) is 0.571. The van der Waals surface area contributed by atoms with Crippen molar-refractivity contribution in [1.29, 1.82) is 0 Å². The van der Waals surface area contributed by atoms with E-state index in [1.54, 1.807) is 21.3 Å². The summed E-state index contributed by atoms with van der Waals surface area (Å²) in [5.74, 6) is 0.687. The molecule has 0 bridgehead atoms. The topological polar surface area (TPSA) is 51.3 Å². The summed E-state index contributed by atoms with van der Waals surface area (Å²) in [4.78, 5) is 12.1. The van der Waals surface area contributed by atoms with Gasteiger partial charge >= 0.3 is 0 Å². The smallest absolute Gasteiger partial charge is 0.276 e. The maximum Gasteiger partial charge on any atom is 0.276 e. The van der Waals surface area contributed by atoms with Gasteiger partial charge in [-0.15, -0.1) is 0 Å². The van der Waals surface area contributed by atoms with Crippen LogP contribution < -0.4 is 10.9 Å². The van der Waals surface area contributed by atoms with Crippen molar-refractivity contribution in [3.05, 3.63) is 35.0 Å². The predicted octanol–water partition coefficient (Wildman–Crippen LogP) is 1.52. The molecule has 2 heterocycles. The van der Waals surface area contributed by atoms with Crippen LogP contribution in [-0.4, -0.2) is 27.3 Å². The van der Waals surface area contributed by atoms with Crippen LogP contribution in [0.2, 0.25) is 0 Å².